The molecule has 0 saturated heterocycles. The van der Waals surface area contributed by atoms with E-state index in [1.807, 2.05) is 0 Å². The summed E-state index contributed by atoms with van der Waals surface area (Å²) >= 11 is 0. The molecule has 0 aliphatic rings. The van der Waals surface area contributed by atoms with Gasteiger partial charge in [0.15, 0.2) is 5.78 Å². The van der Waals surface area contributed by atoms with Crippen LogP contribution in [0.5, 0.6) is 0 Å². The van der Waals surface area contributed by atoms with E-state index in [4.69, 9.17) is 25.5 Å². The van der Waals surface area contributed by atoms with Crippen LogP contribution < -0.4 is 0 Å². The molecule has 0 rings (SSSR count). The molecule has 0 bridgehead atoms. The molecule has 0 aliphatic carbocycles. The summed E-state index contributed by atoms with van der Waals surface area (Å²) in [6, 6.07) is 0. The van der Waals surface area contributed by atoms with E-state index in [9.17, 15) is 4.79 Å². The van der Waals surface area contributed by atoms with E-state index < -0.39 is 37.3 Å². The molecule has 0 radical (unpaired) electrons. The minimum atomic E-state index is -1.86. The number of hydrogen-bond acceptors (Lipinski definition) is 6. The first-order chi connectivity index (χ1) is 5.54. The van der Waals surface area contributed by atoms with Gasteiger partial charge in [-0.2, -0.15) is 0 Å². The third kappa shape index (κ3) is 2.84. The lowest BCUT2D eigenvalue weighted by Crippen LogP contribution is -2.44. The summed E-state index contributed by atoms with van der Waals surface area (Å²) in [4.78, 5) is 10.5. The highest BCUT2D eigenvalue weighted by molar-refractivity contribution is 5.84. The van der Waals surface area contributed by atoms with Crippen LogP contribution in [-0.2, 0) is 4.79 Å². The molecule has 0 unspecified atom stereocenters. The highest BCUT2D eigenvalue weighted by atomic mass is 16.4. The fraction of sp³-hybridized carbons (Fsp3) is 0.833. The molecule has 0 spiro atoms. The highest BCUT2D eigenvalue weighted by Crippen LogP contribution is 2.00. The predicted molar refractivity (Wildman–Crippen MR) is 37.2 cm³/mol. The van der Waals surface area contributed by atoms with Gasteiger partial charge in [0.1, 0.15) is 24.9 Å². The van der Waals surface area contributed by atoms with Crippen LogP contribution in [0.3, 0.4) is 0 Å². The molecule has 12 heavy (non-hydrogen) atoms. The van der Waals surface area contributed by atoms with Gasteiger partial charge >= 0.3 is 0 Å². The third-order valence-electron chi connectivity index (χ3n) is 1.39. The van der Waals surface area contributed by atoms with Crippen molar-refractivity contribution in [2.24, 2.45) is 0 Å². The molecule has 0 heterocycles. The second kappa shape index (κ2) is 5.18. The van der Waals surface area contributed by atoms with Gasteiger partial charge in [0.25, 0.3) is 0 Å². The van der Waals surface area contributed by atoms with E-state index >= 15 is 0 Å². The van der Waals surface area contributed by atoms with Crippen LogP contribution in [0, 0.1) is 0 Å². The van der Waals surface area contributed by atoms with E-state index in [0.29, 0.717) is 0 Å². The summed E-state index contributed by atoms with van der Waals surface area (Å²) in [7, 11) is 0. The Hall–Kier alpha value is -0.530. The molecule has 0 aromatic heterocycles. The lowest BCUT2D eigenvalue weighted by atomic mass is 10.1. The molecule has 0 aromatic rings. The standard InChI is InChI=1S/C6H12O6/c7-1-3(9)5(11)6(12)4(10)2-8/h3,5-9,11-12H,1-2H2/t3-,5-,6-/m1/s1/i1+1. The highest BCUT2D eigenvalue weighted by Gasteiger charge is 2.28. The first-order valence-corrected chi connectivity index (χ1v) is 3.33. The Morgan fingerprint density at radius 3 is 2.00 bits per heavy atom. The number of aliphatic hydroxyl groups excluding tert-OH is 5. The molecule has 72 valence electrons. The molecular weight excluding hydrogens is 169 g/mol. The van der Waals surface area contributed by atoms with Gasteiger partial charge in [-0.1, -0.05) is 0 Å². The maximum Gasteiger partial charge on any atom is 0.189 e. The van der Waals surface area contributed by atoms with Crippen LogP contribution in [-0.4, -0.2) is 62.8 Å². The van der Waals surface area contributed by atoms with Crippen molar-refractivity contribution in [2.75, 3.05) is 13.2 Å². The van der Waals surface area contributed by atoms with Crippen molar-refractivity contribution in [3.63, 3.8) is 0 Å². The summed E-state index contributed by atoms with van der Waals surface area (Å²) in [5.41, 5.74) is 0. The zero-order valence-corrected chi connectivity index (χ0v) is 6.29. The summed E-state index contributed by atoms with van der Waals surface area (Å²) in [6.07, 6.45) is -5.22. The number of Topliss-reactive ketones (excluding diaryl/α,β-unsaturated/α-hetero) is 1. The fourth-order valence-corrected chi connectivity index (χ4v) is 0.602. The van der Waals surface area contributed by atoms with E-state index in [1.54, 1.807) is 0 Å². The smallest absolute Gasteiger partial charge is 0.189 e. The molecule has 0 fully saturated rings. The van der Waals surface area contributed by atoms with Crippen molar-refractivity contribution >= 4 is 5.78 Å². The Balaban J connectivity index is 4.08. The maximum atomic E-state index is 10.5. The van der Waals surface area contributed by atoms with Gasteiger partial charge in [-0.3, -0.25) is 4.79 Å². The van der Waals surface area contributed by atoms with Crippen molar-refractivity contribution < 1.29 is 30.3 Å². The largest absolute Gasteiger partial charge is 0.394 e. The lowest BCUT2D eigenvalue weighted by molar-refractivity contribution is -0.142. The number of ketones is 1. The Labute approximate surface area is 68.7 Å². The molecular formula is C6H12O6. The van der Waals surface area contributed by atoms with Crippen LogP contribution in [0.1, 0.15) is 0 Å². The van der Waals surface area contributed by atoms with E-state index in [-0.39, 0.29) is 0 Å². The molecule has 3 atom stereocenters. The quantitative estimate of drug-likeness (QED) is 0.282. The molecule has 6 nitrogen and oxygen atoms in total. The average molecular weight is 181 g/mol. The summed E-state index contributed by atoms with van der Waals surface area (Å²) < 4.78 is 0. The number of carbonyl (C=O) groups excluding carboxylic acids is 1. The second-order valence-electron chi connectivity index (χ2n) is 2.31. The van der Waals surface area contributed by atoms with Gasteiger partial charge in [-0.15, -0.1) is 0 Å². The summed E-state index contributed by atoms with van der Waals surface area (Å²) in [6.45, 7) is -1.69. The first kappa shape index (κ1) is 11.5. The van der Waals surface area contributed by atoms with Gasteiger partial charge in [-0.25, -0.2) is 0 Å². The number of carbonyl (C=O) groups is 1. The van der Waals surface area contributed by atoms with Crippen LogP contribution in [0.15, 0.2) is 0 Å². The number of aliphatic hydroxyl groups is 5. The minimum Gasteiger partial charge on any atom is -0.394 e. The number of rotatable bonds is 5. The Morgan fingerprint density at radius 2 is 1.67 bits per heavy atom. The molecule has 0 amide bonds. The molecule has 0 aromatic carbocycles. The van der Waals surface area contributed by atoms with Crippen molar-refractivity contribution in [1.82, 2.24) is 0 Å². The number of hydrogen-bond donors (Lipinski definition) is 5. The summed E-state index contributed by atoms with van der Waals surface area (Å²) in [5, 5.41) is 43.1. The van der Waals surface area contributed by atoms with E-state index in [0.717, 1.165) is 0 Å². The van der Waals surface area contributed by atoms with Gasteiger partial charge < -0.3 is 25.5 Å². The van der Waals surface area contributed by atoms with Crippen molar-refractivity contribution in [3.05, 3.63) is 0 Å². The fourth-order valence-electron chi connectivity index (χ4n) is 0.602. The molecule has 0 saturated carbocycles. The van der Waals surface area contributed by atoms with Crippen molar-refractivity contribution in [3.8, 4) is 0 Å². The zero-order chi connectivity index (χ0) is 9.72. The average Bonchev–Trinajstić information content (AvgIpc) is 2.12. The monoisotopic (exact) mass is 181 g/mol. The molecule has 0 aliphatic heterocycles. The SMILES string of the molecule is O=C(CO)[C@@H](O)[C@H](O)[C@H](O)[13CH2]O. The molecule has 6 heteroatoms. The van der Waals surface area contributed by atoms with Crippen LogP contribution >= 0.6 is 0 Å². The molecule has 5 N–H and O–H groups in total. The Bertz CT molecular complexity index is 147. The van der Waals surface area contributed by atoms with Gasteiger partial charge in [0.2, 0.25) is 0 Å². The third-order valence-corrected chi connectivity index (χ3v) is 1.39. The first-order valence-electron chi connectivity index (χ1n) is 3.33. The Morgan fingerprint density at radius 1 is 1.17 bits per heavy atom. The van der Waals surface area contributed by atoms with E-state index in [1.165, 1.54) is 0 Å². The van der Waals surface area contributed by atoms with Gasteiger partial charge in [0, 0.05) is 0 Å². The maximum absolute atomic E-state index is 10.5. The minimum absolute atomic E-state index is 0.767. The second-order valence-corrected chi connectivity index (χ2v) is 2.31. The zero-order valence-electron chi connectivity index (χ0n) is 6.29. The van der Waals surface area contributed by atoms with Gasteiger partial charge in [-0.05, 0) is 0 Å². The predicted octanol–water partition coefficient (Wildman–Crippen LogP) is -3.38. The van der Waals surface area contributed by atoms with Crippen LogP contribution in [0.4, 0.5) is 0 Å². The summed E-state index contributed by atoms with van der Waals surface area (Å²) in [5.74, 6) is -1.00. The lowest BCUT2D eigenvalue weighted by Gasteiger charge is -2.19. The van der Waals surface area contributed by atoms with Crippen molar-refractivity contribution in [1.29, 1.82) is 0 Å². The Kier molecular flexibility index (Phi) is 4.95. The van der Waals surface area contributed by atoms with Crippen LogP contribution in [0.25, 0.3) is 0 Å². The topological polar surface area (TPSA) is 118 Å². The normalized spacial score (nSPS) is 18.4. The van der Waals surface area contributed by atoms with E-state index in [2.05, 4.69) is 0 Å². The van der Waals surface area contributed by atoms with Crippen LogP contribution in [0.2, 0.25) is 0 Å². The van der Waals surface area contributed by atoms with Gasteiger partial charge in [0.05, 0.1) is 6.61 Å². The van der Waals surface area contributed by atoms with Crippen molar-refractivity contribution in [2.45, 2.75) is 18.3 Å².